The lowest BCUT2D eigenvalue weighted by Crippen LogP contribution is -2.42. The molecule has 2 aliphatic heterocycles. The number of hydrogen-bond acceptors (Lipinski definition) is 3. The quantitative estimate of drug-likeness (QED) is 0.840. The molecule has 0 aromatic heterocycles. The molecule has 0 saturated carbocycles. The highest BCUT2D eigenvalue weighted by molar-refractivity contribution is 5.02. The van der Waals surface area contributed by atoms with E-state index in [4.69, 9.17) is 4.74 Å². The third kappa shape index (κ3) is 2.59. The summed E-state index contributed by atoms with van der Waals surface area (Å²) in [5.41, 5.74) is -0.648. The van der Waals surface area contributed by atoms with Crippen molar-refractivity contribution < 1.29 is 9.84 Å². The first-order valence-corrected chi connectivity index (χ1v) is 7.37. The molecular weight excluding hydrogens is 226 g/mol. The molecule has 2 saturated heterocycles. The molecule has 3 unspecified atom stereocenters. The Balaban J connectivity index is 2.00. The maximum Gasteiger partial charge on any atom is 0.0896 e. The highest BCUT2D eigenvalue weighted by Gasteiger charge is 2.53. The maximum absolute atomic E-state index is 10.5. The van der Waals surface area contributed by atoms with E-state index in [2.05, 4.69) is 25.7 Å². The summed E-state index contributed by atoms with van der Waals surface area (Å²) in [6, 6.07) is 0. The van der Waals surface area contributed by atoms with E-state index in [1.165, 1.54) is 25.9 Å². The predicted molar refractivity (Wildman–Crippen MR) is 73.6 cm³/mol. The fourth-order valence-electron chi connectivity index (χ4n) is 3.69. The zero-order valence-corrected chi connectivity index (χ0v) is 12.6. The van der Waals surface area contributed by atoms with Crippen LogP contribution in [-0.2, 0) is 4.74 Å². The number of ether oxygens (including phenoxy) is 1. The Hall–Kier alpha value is -0.120. The van der Waals surface area contributed by atoms with Gasteiger partial charge in [0, 0.05) is 19.0 Å². The Morgan fingerprint density at radius 1 is 1.22 bits per heavy atom. The summed E-state index contributed by atoms with van der Waals surface area (Å²) in [6.07, 6.45) is 2.22. The van der Waals surface area contributed by atoms with Gasteiger partial charge in [0.2, 0.25) is 0 Å². The van der Waals surface area contributed by atoms with E-state index in [-0.39, 0.29) is 17.6 Å². The van der Waals surface area contributed by atoms with Gasteiger partial charge in [0.1, 0.15) is 0 Å². The molecule has 2 fully saturated rings. The zero-order chi connectivity index (χ0) is 13.6. The predicted octanol–water partition coefficient (Wildman–Crippen LogP) is 2.28. The van der Waals surface area contributed by atoms with Crippen LogP contribution in [0.15, 0.2) is 0 Å². The Morgan fingerprint density at radius 3 is 2.33 bits per heavy atom. The average Bonchev–Trinajstić information content (AvgIpc) is 2.75. The monoisotopic (exact) mass is 255 g/mol. The molecule has 0 aromatic rings. The van der Waals surface area contributed by atoms with Crippen LogP contribution >= 0.6 is 0 Å². The summed E-state index contributed by atoms with van der Waals surface area (Å²) in [6.45, 7) is 13.8. The van der Waals surface area contributed by atoms with Crippen LogP contribution in [0.3, 0.4) is 0 Å². The second-order valence-corrected chi connectivity index (χ2v) is 7.18. The van der Waals surface area contributed by atoms with E-state index >= 15 is 0 Å². The van der Waals surface area contributed by atoms with Crippen molar-refractivity contribution in [3.63, 3.8) is 0 Å². The minimum atomic E-state index is -0.419. The van der Waals surface area contributed by atoms with Gasteiger partial charge in [0.15, 0.2) is 0 Å². The van der Waals surface area contributed by atoms with Gasteiger partial charge in [-0.1, -0.05) is 13.3 Å². The van der Waals surface area contributed by atoms with Crippen molar-refractivity contribution in [1.82, 2.24) is 4.90 Å². The lowest BCUT2D eigenvalue weighted by atomic mass is 9.84. The van der Waals surface area contributed by atoms with Gasteiger partial charge in [0.05, 0.1) is 17.3 Å². The zero-order valence-electron chi connectivity index (χ0n) is 12.6. The number of nitrogens with zero attached hydrogens (tertiary/aromatic N) is 1. The van der Waals surface area contributed by atoms with Crippen molar-refractivity contribution >= 4 is 0 Å². The lowest BCUT2D eigenvalue weighted by Gasteiger charge is -2.30. The first-order valence-electron chi connectivity index (χ1n) is 7.37. The summed E-state index contributed by atoms with van der Waals surface area (Å²) in [7, 11) is 0. The summed E-state index contributed by atoms with van der Waals surface area (Å²) in [5, 5.41) is 10.5. The minimum Gasteiger partial charge on any atom is -0.390 e. The fourth-order valence-corrected chi connectivity index (χ4v) is 3.69. The van der Waals surface area contributed by atoms with Crippen LogP contribution in [-0.4, -0.2) is 46.9 Å². The summed E-state index contributed by atoms with van der Waals surface area (Å²) >= 11 is 0. The number of aliphatic hydroxyl groups is 1. The SMILES string of the molecule is CCC1CCN(CC2C(O)C(C)(C)OC2(C)C)C1. The number of rotatable bonds is 3. The number of likely N-dealkylation sites (tertiary alicyclic amines) is 1. The topological polar surface area (TPSA) is 32.7 Å². The number of hydrogen-bond donors (Lipinski definition) is 1. The molecule has 0 aromatic carbocycles. The van der Waals surface area contributed by atoms with E-state index in [1.54, 1.807) is 0 Å². The molecule has 2 rings (SSSR count). The molecular formula is C15H29NO2. The van der Waals surface area contributed by atoms with Crippen LogP contribution in [0.4, 0.5) is 0 Å². The Kier molecular flexibility index (Phi) is 3.79. The third-order valence-electron chi connectivity index (χ3n) is 4.91. The van der Waals surface area contributed by atoms with E-state index in [0.717, 1.165) is 12.5 Å². The maximum atomic E-state index is 10.5. The molecule has 0 aliphatic carbocycles. The molecule has 18 heavy (non-hydrogen) atoms. The Bertz CT molecular complexity index is 301. The van der Waals surface area contributed by atoms with Crippen LogP contribution in [0.2, 0.25) is 0 Å². The summed E-state index contributed by atoms with van der Waals surface area (Å²) in [4.78, 5) is 2.51. The van der Waals surface area contributed by atoms with Gasteiger partial charge in [-0.3, -0.25) is 0 Å². The average molecular weight is 255 g/mol. The molecule has 0 amide bonds. The van der Waals surface area contributed by atoms with Crippen LogP contribution in [0, 0.1) is 11.8 Å². The van der Waals surface area contributed by atoms with Crippen LogP contribution in [0.1, 0.15) is 47.5 Å². The molecule has 106 valence electrons. The molecule has 0 spiro atoms. The van der Waals surface area contributed by atoms with E-state index in [1.807, 2.05) is 13.8 Å². The first kappa shape index (κ1) is 14.3. The van der Waals surface area contributed by atoms with Gasteiger partial charge in [-0.15, -0.1) is 0 Å². The van der Waals surface area contributed by atoms with Gasteiger partial charge >= 0.3 is 0 Å². The molecule has 1 N–H and O–H groups in total. The van der Waals surface area contributed by atoms with Gasteiger partial charge in [-0.25, -0.2) is 0 Å². The van der Waals surface area contributed by atoms with Crippen molar-refractivity contribution in [2.75, 3.05) is 19.6 Å². The fraction of sp³-hybridized carbons (Fsp3) is 1.00. The number of aliphatic hydroxyl groups excluding tert-OH is 1. The van der Waals surface area contributed by atoms with Gasteiger partial charge in [-0.2, -0.15) is 0 Å². The highest BCUT2D eigenvalue weighted by atomic mass is 16.5. The van der Waals surface area contributed by atoms with E-state index in [9.17, 15) is 5.11 Å². The van der Waals surface area contributed by atoms with Crippen molar-refractivity contribution in [3.8, 4) is 0 Å². The molecule has 2 heterocycles. The Labute approximate surface area is 112 Å². The van der Waals surface area contributed by atoms with E-state index < -0.39 is 5.60 Å². The van der Waals surface area contributed by atoms with Crippen LogP contribution < -0.4 is 0 Å². The van der Waals surface area contributed by atoms with Gasteiger partial charge in [0.25, 0.3) is 0 Å². The molecule has 0 bridgehead atoms. The van der Waals surface area contributed by atoms with Crippen LogP contribution in [0.5, 0.6) is 0 Å². The summed E-state index contributed by atoms with van der Waals surface area (Å²) < 4.78 is 6.05. The standard InChI is InChI=1S/C15H29NO2/c1-6-11-7-8-16(9-11)10-12-13(17)15(4,5)18-14(12,2)3/h11-13,17H,6-10H2,1-5H3. The van der Waals surface area contributed by atoms with Crippen molar-refractivity contribution in [2.24, 2.45) is 11.8 Å². The van der Waals surface area contributed by atoms with Crippen molar-refractivity contribution in [1.29, 1.82) is 0 Å². The second kappa shape index (κ2) is 4.77. The molecule has 3 nitrogen and oxygen atoms in total. The third-order valence-corrected chi connectivity index (χ3v) is 4.91. The molecule has 3 atom stereocenters. The Morgan fingerprint density at radius 2 is 1.89 bits per heavy atom. The minimum absolute atomic E-state index is 0.211. The van der Waals surface area contributed by atoms with Crippen LogP contribution in [0.25, 0.3) is 0 Å². The normalized spacial score (nSPS) is 39.3. The smallest absolute Gasteiger partial charge is 0.0896 e. The van der Waals surface area contributed by atoms with E-state index in [0.29, 0.717) is 0 Å². The second-order valence-electron chi connectivity index (χ2n) is 7.18. The lowest BCUT2D eigenvalue weighted by molar-refractivity contribution is -0.0912. The van der Waals surface area contributed by atoms with Gasteiger partial charge < -0.3 is 14.7 Å². The van der Waals surface area contributed by atoms with Crippen molar-refractivity contribution in [3.05, 3.63) is 0 Å². The van der Waals surface area contributed by atoms with Crippen molar-refractivity contribution in [2.45, 2.75) is 64.8 Å². The molecule has 3 heteroatoms. The molecule has 2 aliphatic rings. The van der Waals surface area contributed by atoms with Gasteiger partial charge in [-0.05, 0) is 46.6 Å². The highest BCUT2D eigenvalue weighted by Crippen LogP contribution is 2.43. The summed E-state index contributed by atoms with van der Waals surface area (Å²) in [5.74, 6) is 1.06. The molecule has 0 radical (unpaired) electrons. The first-order chi connectivity index (χ1) is 8.26. The largest absolute Gasteiger partial charge is 0.390 e.